The second kappa shape index (κ2) is 8.83. The first kappa shape index (κ1) is 21.4. The van der Waals surface area contributed by atoms with Gasteiger partial charge >= 0.3 is 0 Å². The molecular weight excluding hydrogens is 434 g/mol. The van der Waals surface area contributed by atoms with Crippen LogP contribution in [0, 0.1) is 11.8 Å². The Morgan fingerprint density at radius 2 is 2.18 bits per heavy atom. The lowest BCUT2D eigenvalue weighted by Crippen LogP contribution is -2.49. The second-order valence-corrected chi connectivity index (χ2v) is 9.17. The van der Waals surface area contributed by atoms with Gasteiger partial charge in [-0.1, -0.05) is 11.8 Å². The van der Waals surface area contributed by atoms with Crippen molar-refractivity contribution in [2.24, 2.45) is 0 Å². The maximum absolute atomic E-state index is 10.7. The first-order chi connectivity index (χ1) is 16.0. The van der Waals surface area contributed by atoms with Crippen LogP contribution in [0.5, 0.6) is 0 Å². The van der Waals surface area contributed by atoms with Gasteiger partial charge in [-0.05, 0) is 38.1 Å². The van der Waals surface area contributed by atoms with Crippen molar-refractivity contribution in [2.75, 3.05) is 29.9 Å². The normalized spacial score (nSPS) is 17.9. The summed E-state index contributed by atoms with van der Waals surface area (Å²) >= 11 is 1.39. The molecule has 0 radical (unpaired) electrons. The van der Waals surface area contributed by atoms with Crippen molar-refractivity contribution < 1.29 is 5.11 Å². The van der Waals surface area contributed by atoms with Crippen LogP contribution in [0.4, 0.5) is 17.2 Å². The van der Waals surface area contributed by atoms with Crippen LogP contribution in [0.3, 0.4) is 0 Å². The molecule has 4 aromatic rings. The molecule has 168 valence electrons. The Bertz CT molecular complexity index is 1320. The number of rotatable bonds is 4. The van der Waals surface area contributed by atoms with Crippen LogP contribution in [-0.2, 0) is 5.60 Å². The summed E-state index contributed by atoms with van der Waals surface area (Å²) in [5.41, 5.74) is 2.26. The Hall–Kier alpha value is -3.45. The summed E-state index contributed by atoms with van der Waals surface area (Å²) in [6.07, 6.45) is 5.07. The van der Waals surface area contributed by atoms with Gasteiger partial charge in [-0.15, -0.1) is 11.3 Å². The highest BCUT2D eigenvalue weighted by molar-refractivity contribution is 7.09. The van der Waals surface area contributed by atoms with Crippen LogP contribution >= 0.6 is 11.3 Å². The van der Waals surface area contributed by atoms with Gasteiger partial charge in [-0.2, -0.15) is 0 Å². The van der Waals surface area contributed by atoms with Crippen LogP contribution in [-0.4, -0.2) is 50.7 Å². The number of nitrogens with zero attached hydrogens (tertiary/aromatic N) is 4. The van der Waals surface area contributed by atoms with E-state index in [0.717, 1.165) is 53.4 Å². The van der Waals surface area contributed by atoms with Gasteiger partial charge in [-0.25, -0.2) is 15.0 Å². The molecule has 5 rings (SSSR count). The summed E-state index contributed by atoms with van der Waals surface area (Å²) < 4.78 is 0. The smallest absolute Gasteiger partial charge is 0.174 e. The van der Waals surface area contributed by atoms with Gasteiger partial charge in [0.1, 0.15) is 22.8 Å². The molecule has 3 aromatic heterocycles. The number of aromatic nitrogens is 4. The molecule has 0 aliphatic carbocycles. The third-order valence-corrected chi connectivity index (χ3v) is 6.60. The molecule has 4 heterocycles. The molecule has 9 heteroatoms. The number of hydrogen-bond acceptors (Lipinski definition) is 8. The van der Waals surface area contributed by atoms with Crippen molar-refractivity contribution in [2.45, 2.75) is 25.5 Å². The van der Waals surface area contributed by atoms with E-state index < -0.39 is 5.60 Å². The Morgan fingerprint density at radius 3 is 3.00 bits per heavy atom. The van der Waals surface area contributed by atoms with Crippen molar-refractivity contribution in [3.8, 4) is 11.8 Å². The summed E-state index contributed by atoms with van der Waals surface area (Å²) in [4.78, 5) is 18.4. The third kappa shape index (κ3) is 4.54. The largest absolute Gasteiger partial charge is 0.371 e. The van der Waals surface area contributed by atoms with E-state index in [-0.39, 0.29) is 0 Å². The van der Waals surface area contributed by atoms with E-state index in [1.165, 1.54) is 11.3 Å². The maximum Gasteiger partial charge on any atom is 0.174 e. The topological polar surface area (TPSA) is 102 Å². The zero-order valence-electron chi connectivity index (χ0n) is 18.5. The fourth-order valence-corrected chi connectivity index (χ4v) is 4.60. The monoisotopic (exact) mass is 459 g/mol. The molecule has 2 atom stereocenters. The van der Waals surface area contributed by atoms with Crippen LogP contribution in [0.2, 0.25) is 0 Å². The van der Waals surface area contributed by atoms with Crippen molar-refractivity contribution in [3.63, 3.8) is 0 Å². The van der Waals surface area contributed by atoms with E-state index in [2.05, 4.69) is 60.3 Å². The molecule has 4 N–H and O–H groups in total. The first-order valence-electron chi connectivity index (χ1n) is 10.8. The average Bonchev–Trinajstić information content (AvgIpc) is 3.51. The highest BCUT2D eigenvalue weighted by atomic mass is 32.1. The predicted molar refractivity (Wildman–Crippen MR) is 132 cm³/mol. The number of nitrogens with one attached hydrogen (secondary N) is 3. The van der Waals surface area contributed by atoms with Gasteiger partial charge in [-0.3, -0.25) is 0 Å². The lowest BCUT2D eigenvalue weighted by molar-refractivity contribution is 0.122. The first-order valence-corrected chi connectivity index (χ1v) is 11.7. The number of aliphatic hydroxyl groups is 1. The quantitative estimate of drug-likeness (QED) is 0.348. The minimum Gasteiger partial charge on any atom is -0.371 e. The second-order valence-electron chi connectivity index (χ2n) is 8.28. The molecule has 1 saturated heterocycles. The highest BCUT2D eigenvalue weighted by Gasteiger charge is 2.23. The Morgan fingerprint density at radius 1 is 1.27 bits per heavy atom. The Labute approximate surface area is 196 Å². The summed E-state index contributed by atoms with van der Waals surface area (Å²) in [5.74, 6) is 6.83. The van der Waals surface area contributed by atoms with Gasteiger partial charge in [0.25, 0.3) is 0 Å². The summed E-state index contributed by atoms with van der Waals surface area (Å²) in [6.45, 7) is 6.59. The molecule has 1 fully saturated rings. The molecule has 1 aliphatic heterocycles. The molecule has 0 bridgehead atoms. The summed E-state index contributed by atoms with van der Waals surface area (Å²) in [6, 6.07) is 8.43. The van der Waals surface area contributed by atoms with E-state index >= 15 is 0 Å². The molecule has 8 nitrogen and oxygen atoms in total. The number of hydrogen-bond donors (Lipinski definition) is 4. The lowest BCUT2D eigenvalue weighted by Gasteiger charge is -2.35. The SMILES string of the molecule is CC1CN(c2ccc(C#CC(C)(O)c3nccs3)cc2Nc2ncnc3[nH]ccc23)CCN1. The molecule has 33 heavy (non-hydrogen) atoms. The van der Waals surface area contributed by atoms with E-state index in [0.29, 0.717) is 11.0 Å². The van der Waals surface area contributed by atoms with Crippen LogP contribution in [0.15, 0.2) is 48.4 Å². The number of piperazine rings is 1. The van der Waals surface area contributed by atoms with Crippen LogP contribution in [0.25, 0.3) is 11.0 Å². The fraction of sp³-hybridized carbons (Fsp3) is 0.292. The third-order valence-electron chi connectivity index (χ3n) is 5.61. The highest BCUT2D eigenvalue weighted by Crippen LogP contribution is 2.32. The number of benzene rings is 1. The van der Waals surface area contributed by atoms with Gasteiger partial charge in [0.2, 0.25) is 0 Å². The van der Waals surface area contributed by atoms with Crippen LogP contribution < -0.4 is 15.5 Å². The molecular formula is C24H25N7OS. The van der Waals surface area contributed by atoms with Gasteiger partial charge in [0.15, 0.2) is 5.60 Å². The molecule has 0 saturated carbocycles. The minimum absolute atomic E-state index is 0.398. The van der Waals surface area contributed by atoms with Gasteiger partial charge in [0, 0.05) is 49.0 Å². The van der Waals surface area contributed by atoms with Crippen molar-refractivity contribution in [1.82, 2.24) is 25.3 Å². The molecule has 1 aliphatic rings. The number of H-pyrrole nitrogens is 1. The molecule has 2 unspecified atom stereocenters. The summed E-state index contributed by atoms with van der Waals surface area (Å²) in [7, 11) is 0. The Kier molecular flexibility index (Phi) is 5.72. The van der Waals surface area contributed by atoms with Crippen molar-refractivity contribution in [3.05, 3.63) is 58.9 Å². The number of aromatic amines is 1. The zero-order valence-corrected chi connectivity index (χ0v) is 19.3. The average molecular weight is 460 g/mol. The van der Waals surface area contributed by atoms with E-state index in [9.17, 15) is 5.11 Å². The van der Waals surface area contributed by atoms with Gasteiger partial charge < -0.3 is 25.6 Å². The Balaban J connectivity index is 1.53. The molecule has 0 amide bonds. The summed E-state index contributed by atoms with van der Waals surface area (Å²) in [5, 5.41) is 21.1. The van der Waals surface area contributed by atoms with Crippen molar-refractivity contribution >= 4 is 39.6 Å². The number of thiazole rings is 1. The maximum atomic E-state index is 10.7. The number of anilines is 3. The number of fused-ring (bicyclic) bond motifs is 1. The molecule has 0 spiro atoms. The van der Waals surface area contributed by atoms with Crippen molar-refractivity contribution in [1.29, 1.82) is 0 Å². The lowest BCUT2D eigenvalue weighted by atomic mass is 10.1. The zero-order chi connectivity index (χ0) is 22.8. The molecule has 1 aromatic carbocycles. The fourth-order valence-electron chi connectivity index (χ4n) is 3.95. The van der Waals surface area contributed by atoms with Crippen LogP contribution in [0.1, 0.15) is 24.4 Å². The predicted octanol–water partition coefficient (Wildman–Crippen LogP) is 3.22. The minimum atomic E-state index is -1.31. The van der Waals surface area contributed by atoms with E-state index in [1.54, 1.807) is 19.4 Å². The van der Waals surface area contributed by atoms with E-state index in [1.807, 2.05) is 29.8 Å². The van der Waals surface area contributed by atoms with E-state index in [4.69, 9.17) is 0 Å². The standard InChI is InChI=1S/C24H25N7OS/c1-16-14-31(11-9-25-16)20-4-3-17(5-7-24(2,32)23-27-10-12-33-23)13-19(20)30-22-18-6-8-26-21(18)28-15-29-22/h3-4,6,8,10,12-13,15-16,25,32H,9,11,14H2,1-2H3,(H2,26,28,29,30). The van der Waals surface area contributed by atoms with Gasteiger partial charge in [0.05, 0.1) is 16.8 Å².